The van der Waals surface area contributed by atoms with Crippen molar-refractivity contribution in [2.45, 2.75) is 32.7 Å². The van der Waals surface area contributed by atoms with Gasteiger partial charge < -0.3 is 9.64 Å². The van der Waals surface area contributed by atoms with Crippen molar-refractivity contribution >= 4 is 34.4 Å². The number of nitrogens with zero attached hydrogens (tertiary/aromatic N) is 2. The summed E-state index contributed by atoms with van der Waals surface area (Å²) < 4.78 is 5.13. The van der Waals surface area contributed by atoms with Crippen LogP contribution in [0.3, 0.4) is 0 Å². The number of thiazole rings is 1. The molecule has 0 aliphatic carbocycles. The molecule has 1 aromatic rings. The maximum atomic E-state index is 10.8. The first-order chi connectivity index (χ1) is 8.67. The highest BCUT2D eigenvalue weighted by Gasteiger charge is 2.20. The highest BCUT2D eigenvalue weighted by atomic mass is 35.5. The van der Waals surface area contributed by atoms with E-state index >= 15 is 0 Å². The molecule has 0 aliphatic rings. The lowest BCUT2D eigenvalue weighted by Crippen LogP contribution is -2.37. The van der Waals surface area contributed by atoms with Gasteiger partial charge in [-0.2, -0.15) is 0 Å². The largest absolute Gasteiger partial charge is 0.383 e. The molecule has 0 radical (unpaired) electrons. The maximum Gasteiger partial charge on any atom is 0.187 e. The molecular formula is C12H19ClN2O2S. The summed E-state index contributed by atoms with van der Waals surface area (Å²) in [4.78, 5) is 17.8. The number of carbonyl (C=O) groups is 1. The van der Waals surface area contributed by atoms with Gasteiger partial charge >= 0.3 is 0 Å². The van der Waals surface area contributed by atoms with E-state index in [1.807, 2.05) is 0 Å². The zero-order valence-corrected chi connectivity index (χ0v) is 12.6. The summed E-state index contributed by atoms with van der Waals surface area (Å²) in [6.07, 6.45) is 2.80. The normalized spacial score (nSPS) is 10.9. The van der Waals surface area contributed by atoms with E-state index in [0.717, 1.165) is 30.8 Å². The van der Waals surface area contributed by atoms with E-state index < -0.39 is 0 Å². The van der Waals surface area contributed by atoms with Crippen LogP contribution in [0.15, 0.2) is 0 Å². The Morgan fingerprint density at radius 2 is 2.17 bits per heavy atom. The topological polar surface area (TPSA) is 42.4 Å². The monoisotopic (exact) mass is 290 g/mol. The van der Waals surface area contributed by atoms with Crippen LogP contribution in [0.4, 0.5) is 5.13 Å². The Morgan fingerprint density at radius 1 is 1.50 bits per heavy atom. The molecule has 0 bridgehead atoms. The molecule has 6 heteroatoms. The van der Waals surface area contributed by atoms with Crippen LogP contribution in [0.25, 0.3) is 0 Å². The van der Waals surface area contributed by atoms with Crippen molar-refractivity contribution in [1.29, 1.82) is 0 Å². The van der Waals surface area contributed by atoms with Crippen LogP contribution in [0.5, 0.6) is 0 Å². The molecule has 0 atom stereocenters. The number of halogens is 1. The number of aldehydes is 1. The molecule has 0 amide bonds. The van der Waals surface area contributed by atoms with Crippen molar-refractivity contribution in [3.8, 4) is 0 Å². The van der Waals surface area contributed by atoms with Crippen LogP contribution in [0.1, 0.15) is 36.4 Å². The average molecular weight is 291 g/mol. The molecule has 102 valence electrons. The van der Waals surface area contributed by atoms with E-state index in [4.69, 9.17) is 16.3 Å². The van der Waals surface area contributed by atoms with Crippen molar-refractivity contribution in [1.82, 2.24) is 4.98 Å². The summed E-state index contributed by atoms with van der Waals surface area (Å²) in [5.74, 6) is 0. The van der Waals surface area contributed by atoms with Gasteiger partial charge in [0.15, 0.2) is 16.6 Å². The lowest BCUT2D eigenvalue weighted by Gasteiger charge is -2.29. The highest BCUT2D eigenvalue weighted by molar-refractivity contribution is 7.17. The molecule has 0 unspecified atom stereocenters. The number of aromatic nitrogens is 1. The first-order valence-corrected chi connectivity index (χ1v) is 7.24. The van der Waals surface area contributed by atoms with E-state index in [2.05, 4.69) is 23.7 Å². The molecule has 0 N–H and O–H groups in total. The fourth-order valence-electron chi connectivity index (χ4n) is 1.85. The molecule has 0 aromatic carbocycles. The van der Waals surface area contributed by atoms with Crippen LogP contribution in [0.2, 0.25) is 5.15 Å². The summed E-state index contributed by atoms with van der Waals surface area (Å²) in [6, 6.07) is 0.391. The van der Waals surface area contributed by atoms with Crippen LogP contribution < -0.4 is 4.90 Å². The van der Waals surface area contributed by atoms with Crippen molar-refractivity contribution < 1.29 is 9.53 Å². The van der Waals surface area contributed by atoms with E-state index in [1.54, 1.807) is 7.11 Å². The quantitative estimate of drug-likeness (QED) is 0.689. The average Bonchev–Trinajstić information content (AvgIpc) is 2.75. The van der Waals surface area contributed by atoms with Crippen molar-refractivity contribution in [3.63, 3.8) is 0 Å². The van der Waals surface area contributed by atoms with E-state index in [0.29, 0.717) is 22.7 Å². The minimum absolute atomic E-state index is 0.290. The summed E-state index contributed by atoms with van der Waals surface area (Å²) >= 11 is 7.26. The molecule has 0 saturated carbocycles. The molecule has 1 heterocycles. The van der Waals surface area contributed by atoms with Crippen LogP contribution >= 0.6 is 22.9 Å². The maximum absolute atomic E-state index is 10.8. The lowest BCUT2D eigenvalue weighted by molar-refractivity contribution is 0.112. The van der Waals surface area contributed by atoms with Gasteiger partial charge in [0.2, 0.25) is 0 Å². The SMILES string of the molecule is CCC(CC)N(CCOC)c1nc(Cl)c(C=O)s1. The van der Waals surface area contributed by atoms with Crippen LogP contribution in [-0.4, -0.2) is 37.6 Å². The Kier molecular flexibility index (Phi) is 6.60. The lowest BCUT2D eigenvalue weighted by atomic mass is 10.1. The van der Waals surface area contributed by atoms with Crippen LogP contribution in [-0.2, 0) is 4.74 Å². The second kappa shape index (κ2) is 7.71. The molecule has 18 heavy (non-hydrogen) atoms. The summed E-state index contributed by atoms with van der Waals surface area (Å²) in [7, 11) is 1.68. The van der Waals surface area contributed by atoms with E-state index in [-0.39, 0.29) is 0 Å². The Bertz CT molecular complexity index is 380. The third-order valence-electron chi connectivity index (χ3n) is 2.87. The Balaban J connectivity index is 2.95. The molecule has 4 nitrogen and oxygen atoms in total. The van der Waals surface area contributed by atoms with Gasteiger partial charge in [0, 0.05) is 19.7 Å². The zero-order chi connectivity index (χ0) is 13.5. The molecule has 0 fully saturated rings. The molecular weight excluding hydrogens is 272 g/mol. The number of hydrogen-bond donors (Lipinski definition) is 0. The third kappa shape index (κ3) is 3.67. The fourth-order valence-corrected chi connectivity index (χ4v) is 3.01. The number of anilines is 1. The van der Waals surface area contributed by atoms with Gasteiger partial charge in [-0.3, -0.25) is 4.79 Å². The van der Waals surface area contributed by atoms with Crippen molar-refractivity contribution in [2.75, 3.05) is 25.2 Å². The van der Waals surface area contributed by atoms with Gasteiger partial charge in [-0.25, -0.2) is 4.98 Å². The smallest absolute Gasteiger partial charge is 0.187 e. The van der Waals surface area contributed by atoms with Gasteiger partial charge in [0.05, 0.1) is 6.61 Å². The van der Waals surface area contributed by atoms with Gasteiger partial charge in [-0.1, -0.05) is 36.8 Å². The minimum Gasteiger partial charge on any atom is -0.383 e. The number of methoxy groups -OCH3 is 1. The van der Waals surface area contributed by atoms with E-state index in [9.17, 15) is 4.79 Å². The van der Waals surface area contributed by atoms with Gasteiger partial charge in [0.1, 0.15) is 4.88 Å². The van der Waals surface area contributed by atoms with Crippen molar-refractivity contribution in [2.24, 2.45) is 0 Å². The summed E-state index contributed by atoms with van der Waals surface area (Å²) in [5, 5.41) is 1.09. The summed E-state index contributed by atoms with van der Waals surface area (Å²) in [5.41, 5.74) is 0. The predicted octanol–water partition coefficient (Wildman–Crippen LogP) is 3.25. The summed E-state index contributed by atoms with van der Waals surface area (Å²) in [6.45, 7) is 5.67. The Hall–Kier alpha value is -0.650. The molecule has 1 rings (SSSR count). The second-order valence-electron chi connectivity index (χ2n) is 3.93. The first kappa shape index (κ1) is 15.4. The first-order valence-electron chi connectivity index (χ1n) is 6.04. The fraction of sp³-hybridized carbons (Fsp3) is 0.667. The number of rotatable bonds is 8. The number of hydrogen-bond acceptors (Lipinski definition) is 5. The van der Waals surface area contributed by atoms with Gasteiger partial charge in [0.25, 0.3) is 0 Å². The Labute approximate surface area is 117 Å². The van der Waals surface area contributed by atoms with E-state index in [1.165, 1.54) is 11.3 Å². The third-order valence-corrected chi connectivity index (χ3v) is 4.29. The van der Waals surface area contributed by atoms with Crippen LogP contribution in [0, 0.1) is 0 Å². The standard InChI is InChI=1S/C12H19ClN2O2S/c1-4-9(5-2)15(6-7-17-3)12-14-11(13)10(8-16)18-12/h8-9H,4-7H2,1-3H3. The molecule has 0 spiro atoms. The molecule has 0 aliphatic heterocycles. The highest BCUT2D eigenvalue weighted by Crippen LogP contribution is 2.30. The minimum atomic E-state index is 0.290. The van der Waals surface area contributed by atoms with Gasteiger partial charge in [-0.15, -0.1) is 0 Å². The predicted molar refractivity (Wildman–Crippen MR) is 76.1 cm³/mol. The number of carbonyl (C=O) groups excluding carboxylic acids is 1. The molecule has 0 saturated heterocycles. The van der Waals surface area contributed by atoms with Crippen molar-refractivity contribution in [3.05, 3.63) is 10.0 Å². The zero-order valence-electron chi connectivity index (χ0n) is 11.0. The Morgan fingerprint density at radius 3 is 2.61 bits per heavy atom. The van der Waals surface area contributed by atoms with Gasteiger partial charge in [-0.05, 0) is 12.8 Å². The number of ether oxygens (including phenoxy) is 1. The molecule has 1 aromatic heterocycles. The second-order valence-corrected chi connectivity index (χ2v) is 5.29.